The van der Waals surface area contributed by atoms with Gasteiger partial charge in [-0.3, -0.25) is 0 Å². The van der Waals surface area contributed by atoms with Crippen LogP contribution in [-0.2, 0) is 0 Å². The van der Waals surface area contributed by atoms with Gasteiger partial charge in [0.05, 0.1) is 0 Å². The van der Waals surface area contributed by atoms with Gasteiger partial charge >= 0.3 is 0 Å². The van der Waals surface area contributed by atoms with Crippen molar-refractivity contribution < 1.29 is 5.11 Å². The van der Waals surface area contributed by atoms with Crippen molar-refractivity contribution in [2.75, 3.05) is 31.2 Å². The topological polar surface area (TPSA) is 32.3 Å². The quantitative estimate of drug-likeness (QED) is 0.736. The molecule has 3 heteroatoms. The largest absolute Gasteiger partial charge is 0.396 e. The molecule has 84 valence electrons. The van der Waals surface area contributed by atoms with E-state index in [-0.39, 0.29) is 12.0 Å². The minimum Gasteiger partial charge on any atom is -0.396 e. The Hall–Kier alpha value is 0.270. The van der Waals surface area contributed by atoms with Crippen LogP contribution in [0.1, 0.15) is 26.7 Å². The molecule has 2 N–H and O–H groups in total. The van der Waals surface area contributed by atoms with Gasteiger partial charge in [-0.15, -0.1) is 0 Å². The average molecular weight is 217 g/mol. The van der Waals surface area contributed by atoms with E-state index in [1.165, 1.54) is 24.3 Å². The third-order valence-corrected chi connectivity index (χ3v) is 3.85. The Morgan fingerprint density at radius 2 is 2.00 bits per heavy atom. The van der Waals surface area contributed by atoms with Crippen LogP contribution in [0.15, 0.2) is 0 Å². The van der Waals surface area contributed by atoms with E-state index in [4.69, 9.17) is 5.11 Å². The number of hydrogen-bond donors (Lipinski definition) is 2. The van der Waals surface area contributed by atoms with Crippen molar-refractivity contribution in [2.24, 2.45) is 11.3 Å². The lowest BCUT2D eigenvalue weighted by molar-refractivity contribution is 0.155. The van der Waals surface area contributed by atoms with Gasteiger partial charge in [0.15, 0.2) is 0 Å². The molecule has 0 atom stereocenters. The number of aliphatic hydroxyl groups is 1. The van der Waals surface area contributed by atoms with E-state index in [2.05, 4.69) is 30.9 Å². The summed E-state index contributed by atoms with van der Waals surface area (Å²) < 4.78 is 0. The fraction of sp³-hybridized carbons (Fsp3) is 1.00. The minimum absolute atomic E-state index is 0.0312. The van der Waals surface area contributed by atoms with Gasteiger partial charge < -0.3 is 10.4 Å². The van der Waals surface area contributed by atoms with Crippen molar-refractivity contribution in [3.8, 4) is 0 Å². The predicted molar refractivity (Wildman–Crippen MR) is 63.8 cm³/mol. The summed E-state index contributed by atoms with van der Waals surface area (Å²) in [6.07, 6.45) is 2.72. The normalized spacial score (nSPS) is 19.9. The molecule has 0 aliphatic carbocycles. The van der Waals surface area contributed by atoms with Crippen molar-refractivity contribution >= 4 is 11.8 Å². The molecule has 1 aliphatic heterocycles. The van der Waals surface area contributed by atoms with Gasteiger partial charge in [-0.2, -0.15) is 11.8 Å². The van der Waals surface area contributed by atoms with Gasteiger partial charge in [0.2, 0.25) is 0 Å². The van der Waals surface area contributed by atoms with Crippen LogP contribution in [0.3, 0.4) is 0 Å². The molecule has 2 nitrogen and oxygen atoms in total. The van der Waals surface area contributed by atoms with E-state index in [9.17, 15) is 0 Å². The summed E-state index contributed by atoms with van der Waals surface area (Å²) >= 11 is 2.07. The van der Waals surface area contributed by atoms with E-state index < -0.39 is 0 Å². The maximum atomic E-state index is 9.09. The first kappa shape index (κ1) is 12.3. The molecule has 1 rings (SSSR count). The third-order valence-electron chi connectivity index (χ3n) is 2.81. The summed E-state index contributed by atoms with van der Waals surface area (Å²) in [6, 6.07) is 0. The smallest absolute Gasteiger partial charge is 0.0494 e. The molecule has 0 amide bonds. The highest BCUT2D eigenvalue weighted by molar-refractivity contribution is 7.99. The molecule has 0 aromatic rings. The Morgan fingerprint density at radius 3 is 2.57 bits per heavy atom. The summed E-state index contributed by atoms with van der Waals surface area (Å²) in [7, 11) is 0. The molecule has 0 aromatic carbocycles. The second-order valence-electron chi connectivity index (χ2n) is 5.01. The fourth-order valence-electron chi connectivity index (χ4n) is 1.62. The van der Waals surface area contributed by atoms with Gasteiger partial charge in [-0.25, -0.2) is 0 Å². The van der Waals surface area contributed by atoms with Crippen LogP contribution in [0.25, 0.3) is 0 Å². The highest BCUT2D eigenvalue weighted by atomic mass is 32.2. The standard InChI is InChI=1S/C11H23NOS/c1-11(2,9-13)8-12-7-10-3-5-14-6-4-10/h10,12-13H,3-9H2,1-2H3. The summed E-state index contributed by atoms with van der Waals surface area (Å²) in [6.45, 7) is 6.51. The molecule has 0 bridgehead atoms. The van der Waals surface area contributed by atoms with Crippen LogP contribution in [0.2, 0.25) is 0 Å². The van der Waals surface area contributed by atoms with Crippen molar-refractivity contribution in [3.05, 3.63) is 0 Å². The summed E-state index contributed by atoms with van der Waals surface area (Å²) in [5.41, 5.74) is 0.0312. The number of thioether (sulfide) groups is 1. The van der Waals surface area contributed by atoms with Crippen LogP contribution in [0.4, 0.5) is 0 Å². The van der Waals surface area contributed by atoms with Crippen LogP contribution >= 0.6 is 11.8 Å². The highest BCUT2D eigenvalue weighted by Crippen LogP contribution is 2.22. The molecule has 14 heavy (non-hydrogen) atoms. The summed E-state index contributed by atoms with van der Waals surface area (Å²) in [5.74, 6) is 3.52. The van der Waals surface area contributed by atoms with E-state index in [0.29, 0.717) is 0 Å². The molecular weight excluding hydrogens is 194 g/mol. The fourth-order valence-corrected chi connectivity index (χ4v) is 2.83. The van der Waals surface area contributed by atoms with Gasteiger partial charge in [-0.05, 0) is 36.8 Å². The predicted octanol–water partition coefficient (Wildman–Crippen LogP) is 1.74. The van der Waals surface area contributed by atoms with Gasteiger partial charge in [0.1, 0.15) is 0 Å². The zero-order valence-electron chi connectivity index (χ0n) is 9.38. The lowest BCUT2D eigenvalue weighted by Gasteiger charge is -2.26. The molecule has 0 radical (unpaired) electrons. The van der Waals surface area contributed by atoms with Gasteiger partial charge in [-0.1, -0.05) is 13.8 Å². The molecule has 0 unspecified atom stereocenters. The molecular formula is C11H23NOS. The lowest BCUT2D eigenvalue weighted by atomic mass is 9.94. The highest BCUT2D eigenvalue weighted by Gasteiger charge is 2.18. The molecule has 1 heterocycles. The first-order valence-corrected chi connectivity index (χ1v) is 6.69. The zero-order valence-corrected chi connectivity index (χ0v) is 10.2. The SMILES string of the molecule is CC(C)(CO)CNCC1CCSCC1. The molecule has 0 saturated carbocycles. The van der Waals surface area contributed by atoms with Gasteiger partial charge in [0.25, 0.3) is 0 Å². The van der Waals surface area contributed by atoms with Crippen molar-refractivity contribution in [3.63, 3.8) is 0 Å². The molecule has 0 aromatic heterocycles. The second-order valence-corrected chi connectivity index (χ2v) is 6.23. The Morgan fingerprint density at radius 1 is 1.36 bits per heavy atom. The van der Waals surface area contributed by atoms with Gasteiger partial charge in [0, 0.05) is 18.6 Å². The summed E-state index contributed by atoms with van der Waals surface area (Å²) in [5, 5.41) is 12.6. The third kappa shape index (κ3) is 4.67. The van der Waals surface area contributed by atoms with E-state index >= 15 is 0 Å². The Labute approximate surface area is 91.9 Å². The van der Waals surface area contributed by atoms with Crippen LogP contribution in [0.5, 0.6) is 0 Å². The first-order valence-electron chi connectivity index (χ1n) is 5.53. The first-order chi connectivity index (χ1) is 6.64. The van der Waals surface area contributed by atoms with Crippen molar-refractivity contribution in [1.29, 1.82) is 0 Å². The average Bonchev–Trinajstić information content (AvgIpc) is 2.19. The molecule has 1 fully saturated rings. The monoisotopic (exact) mass is 217 g/mol. The van der Waals surface area contributed by atoms with Crippen molar-refractivity contribution in [1.82, 2.24) is 5.32 Å². The minimum atomic E-state index is 0.0312. The van der Waals surface area contributed by atoms with Crippen molar-refractivity contribution in [2.45, 2.75) is 26.7 Å². The second kappa shape index (κ2) is 5.99. The van der Waals surface area contributed by atoms with Crippen LogP contribution in [-0.4, -0.2) is 36.3 Å². The molecule has 0 spiro atoms. The number of nitrogens with one attached hydrogen (secondary N) is 1. The number of aliphatic hydroxyl groups excluding tert-OH is 1. The van der Waals surface area contributed by atoms with E-state index in [1.54, 1.807) is 0 Å². The van der Waals surface area contributed by atoms with Crippen LogP contribution < -0.4 is 5.32 Å². The Balaban J connectivity index is 2.08. The zero-order chi connectivity index (χ0) is 10.4. The maximum Gasteiger partial charge on any atom is 0.0494 e. The molecule has 1 saturated heterocycles. The number of rotatable bonds is 5. The van der Waals surface area contributed by atoms with E-state index in [1.807, 2.05) is 0 Å². The lowest BCUT2D eigenvalue weighted by Crippen LogP contribution is -2.35. The molecule has 1 aliphatic rings. The summed E-state index contributed by atoms with van der Waals surface area (Å²) in [4.78, 5) is 0. The maximum absolute atomic E-state index is 9.09. The van der Waals surface area contributed by atoms with Crippen LogP contribution in [0, 0.1) is 11.3 Å². The van der Waals surface area contributed by atoms with E-state index in [0.717, 1.165) is 19.0 Å². The number of hydrogen-bond acceptors (Lipinski definition) is 3. The Bertz CT molecular complexity index is 155. The Kier molecular flexibility index (Phi) is 5.28.